The molecule has 1 heterocycles. The van der Waals surface area contributed by atoms with Crippen LogP contribution in [-0.2, 0) is 12.8 Å². The first-order chi connectivity index (χ1) is 8.60. The minimum atomic E-state index is -0.453. The van der Waals surface area contributed by atoms with Crippen molar-refractivity contribution in [1.82, 2.24) is 0 Å². The van der Waals surface area contributed by atoms with Gasteiger partial charge in [0.25, 0.3) is 0 Å². The molecule has 18 heavy (non-hydrogen) atoms. The lowest BCUT2D eigenvalue weighted by atomic mass is 10.0. The maximum atomic E-state index is 10.3. The van der Waals surface area contributed by atoms with E-state index in [-0.39, 0.29) is 0 Å². The van der Waals surface area contributed by atoms with Gasteiger partial charge in [0, 0.05) is 21.2 Å². The maximum Gasteiger partial charge on any atom is 0.0840 e. The first kappa shape index (κ1) is 13.6. The zero-order chi connectivity index (χ0) is 13.1. The Morgan fingerprint density at radius 3 is 2.56 bits per heavy atom. The molecule has 3 heteroatoms. The third-order valence-electron chi connectivity index (χ3n) is 3.05. The largest absolute Gasteiger partial charge is 0.388 e. The van der Waals surface area contributed by atoms with Gasteiger partial charge in [0.05, 0.1) is 6.10 Å². The van der Waals surface area contributed by atoms with Crippen LogP contribution in [0.15, 0.2) is 30.3 Å². The SMILES string of the molecule is CCc1ccc(CC(O)c2ccc(Cl)cc2C)s1. The fourth-order valence-corrected chi connectivity index (χ4v) is 3.26. The number of halogens is 1. The molecule has 0 bridgehead atoms. The molecule has 0 radical (unpaired) electrons. The highest BCUT2D eigenvalue weighted by Crippen LogP contribution is 2.27. The molecule has 0 saturated heterocycles. The van der Waals surface area contributed by atoms with Gasteiger partial charge in [-0.25, -0.2) is 0 Å². The van der Waals surface area contributed by atoms with E-state index < -0.39 is 6.10 Å². The monoisotopic (exact) mass is 280 g/mol. The molecule has 0 spiro atoms. The summed E-state index contributed by atoms with van der Waals surface area (Å²) < 4.78 is 0. The van der Waals surface area contributed by atoms with Crippen LogP contribution in [0.25, 0.3) is 0 Å². The molecular formula is C15H17ClOS. The fourth-order valence-electron chi connectivity index (χ4n) is 2.04. The molecule has 1 atom stereocenters. The van der Waals surface area contributed by atoms with Gasteiger partial charge in [-0.05, 0) is 48.7 Å². The molecule has 1 aromatic carbocycles. The summed E-state index contributed by atoms with van der Waals surface area (Å²) in [6.45, 7) is 4.13. The number of hydrogen-bond acceptors (Lipinski definition) is 2. The van der Waals surface area contributed by atoms with Gasteiger partial charge in [0.2, 0.25) is 0 Å². The Morgan fingerprint density at radius 1 is 1.22 bits per heavy atom. The van der Waals surface area contributed by atoms with Crippen molar-refractivity contribution < 1.29 is 5.11 Å². The average Bonchev–Trinajstić information content (AvgIpc) is 2.76. The number of benzene rings is 1. The van der Waals surface area contributed by atoms with Crippen LogP contribution in [0.4, 0.5) is 0 Å². The Balaban J connectivity index is 2.13. The normalized spacial score (nSPS) is 12.7. The third-order valence-corrected chi connectivity index (χ3v) is 4.54. The minimum absolute atomic E-state index is 0.453. The summed E-state index contributed by atoms with van der Waals surface area (Å²) in [6.07, 6.45) is 1.28. The van der Waals surface area contributed by atoms with Gasteiger partial charge in [-0.15, -0.1) is 11.3 Å². The molecule has 0 amide bonds. The molecule has 2 aromatic rings. The van der Waals surface area contributed by atoms with Gasteiger partial charge in [-0.2, -0.15) is 0 Å². The van der Waals surface area contributed by atoms with Gasteiger partial charge < -0.3 is 5.11 Å². The lowest BCUT2D eigenvalue weighted by Crippen LogP contribution is -2.02. The van der Waals surface area contributed by atoms with E-state index >= 15 is 0 Å². The molecule has 0 saturated carbocycles. The van der Waals surface area contributed by atoms with E-state index in [0.717, 1.165) is 17.5 Å². The number of aliphatic hydroxyl groups excluding tert-OH is 1. The van der Waals surface area contributed by atoms with Gasteiger partial charge in [-0.1, -0.05) is 24.6 Å². The maximum absolute atomic E-state index is 10.3. The van der Waals surface area contributed by atoms with Crippen LogP contribution in [0.2, 0.25) is 5.02 Å². The van der Waals surface area contributed by atoms with E-state index in [2.05, 4.69) is 19.1 Å². The van der Waals surface area contributed by atoms with Crippen LogP contribution >= 0.6 is 22.9 Å². The van der Waals surface area contributed by atoms with E-state index in [0.29, 0.717) is 11.4 Å². The molecule has 1 unspecified atom stereocenters. The molecule has 96 valence electrons. The third kappa shape index (κ3) is 3.14. The van der Waals surface area contributed by atoms with Gasteiger partial charge in [0.15, 0.2) is 0 Å². The summed E-state index contributed by atoms with van der Waals surface area (Å²) in [6, 6.07) is 9.89. The zero-order valence-corrected chi connectivity index (χ0v) is 12.2. The second-order valence-corrected chi connectivity index (χ2v) is 6.13. The summed E-state index contributed by atoms with van der Waals surface area (Å²) in [5.74, 6) is 0. The van der Waals surface area contributed by atoms with Crippen molar-refractivity contribution in [2.45, 2.75) is 32.8 Å². The predicted octanol–water partition coefficient (Wildman–Crippen LogP) is 4.55. The Bertz CT molecular complexity index is 533. The molecule has 1 aromatic heterocycles. The van der Waals surface area contributed by atoms with Crippen LogP contribution in [0, 0.1) is 6.92 Å². The Morgan fingerprint density at radius 2 is 1.94 bits per heavy atom. The van der Waals surface area contributed by atoms with E-state index in [1.807, 2.05) is 25.1 Å². The van der Waals surface area contributed by atoms with Crippen molar-refractivity contribution in [2.24, 2.45) is 0 Å². The molecule has 2 rings (SSSR count). The number of aryl methyl sites for hydroxylation is 2. The summed E-state index contributed by atoms with van der Waals surface area (Å²) in [7, 11) is 0. The topological polar surface area (TPSA) is 20.2 Å². The van der Waals surface area contributed by atoms with Gasteiger partial charge >= 0.3 is 0 Å². The molecule has 0 aliphatic carbocycles. The van der Waals surface area contributed by atoms with Crippen LogP contribution in [0.5, 0.6) is 0 Å². The van der Waals surface area contributed by atoms with E-state index in [1.54, 1.807) is 11.3 Å². The second kappa shape index (κ2) is 5.87. The van der Waals surface area contributed by atoms with E-state index in [1.165, 1.54) is 9.75 Å². The lowest BCUT2D eigenvalue weighted by molar-refractivity contribution is 0.178. The molecular weight excluding hydrogens is 264 g/mol. The standard InChI is InChI=1S/C15H17ClOS/c1-3-12-5-6-13(18-12)9-15(17)14-7-4-11(16)8-10(14)2/h4-8,15,17H,3,9H2,1-2H3. The smallest absolute Gasteiger partial charge is 0.0840 e. The quantitative estimate of drug-likeness (QED) is 0.871. The lowest BCUT2D eigenvalue weighted by Gasteiger charge is -2.13. The first-order valence-electron chi connectivity index (χ1n) is 6.12. The highest BCUT2D eigenvalue weighted by molar-refractivity contribution is 7.11. The van der Waals surface area contributed by atoms with Crippen LogP contribution in [0.1, 0.15) is 33.9 Å². The number of aliphatic hydroxyl groups is 1. The van der Waals surface area contributed by atoms with Crippen LogP contribution < -0.4 is 0 Å². The summed E-state index contributed by atoms with van der Waals surface area (Å²) in [5.41, 5.74) is 2.01. The predicted molar refractivity (Wildman–Crippen MR) is 78.5 cm³/mol. The van der Waals surface area contributed by atoms with E-state index in [9.17, 15) is 5.11 Å². The number of thiophene rings is 1. The van der Waals surface area contributed by atoms with Crippen molar-refractivity contribution >= 4 is 22.9 Å². The minimum Gasteiger partial charge on any atom is -0.388 e. The highest BCUT2D eigenvalue weighted by atomic mass is 35.5. The molecule has 0 aliphatic rings. The molecule has 1 N–H and O–H groups in total. The Kier molecular flexibility index (Phi) is 4.44. The van der Waals surface area contributed by atoms with Crippen LogP contribution in [-0.4, -0.2) is 5.11 Å². The summed E-state index contributed by atoms with van der Waals surface area (Å²) in [4.78, 5) is 2.60. The van der Waals surface area contributed by atoms with Crippen molar-refractivity contribution in [3.8, 4) is 0 Å². The van der Waals surface area contributed by atoms with Crippen molar-refractivity contribution in [3.05, 3.63) is 56.2 Å². The highest BCUT2D eigenvalue weighted by Gasteiger charge is 2.12. The molecule has 0 fully saturated rings. The number of rotatable bonds is 4. The van der Waals surface area contributed by atoms with Crippen LogP contribution in [0.3, 0.4) is 0 Å². The zero-order valence-electron chi connectivity index (χ0n) is 10.6. The Labute approximate surface area is 117 Å². The second-order valence-electron chi connectivity index (χ2n) is 4.44. The first-order valence-corrected chi connectivity index (χ1v) is 7.31. The number of hydrogen-bond donors (Lipinski definition) is 1. The summed E-state index contributed by atoms with van der Waals surface area (Å²) in [5, 5.41) is 11.0. The fraction of sp³-hybridized carbons (Fsp3) is 0.333. The van der Waals surface area contributed by atoms with Crippen molar-refractivity contribution in [1.29, 1.82) is 0 Å². The van der Waals surface area contributed by atoms with Gasteiger partial charge in [0.1, 0.15) is 0 Å². The van der Waals surface area contributed by atoms with Crippen molar-refractivity contribution in [3.63, 3.8) is 0 Å². The molecule has 0 aliphatic heterocycles. The van der Waals surface area contributed by atoms with Crippen molar-refractivity contribution in [2.75, 3.05) is 0 Å². The van der Waals surface area contributed by atoms with Gasteiger partial charge in [-0.3, -0.25) is 0 Å². The Hall–Kier alpha value is -0.830. The van der Waals surface area contributed by atoms with E-state index in [4.69, 9.17) is 11.6 Å². The summed E-state index contributed by atoms with van der Waals surface area (Å²) >= 11 is 7.70. The molecule has 1 nitrogen and oxygen atoms in total. The average molecular weight is 281 g/mol.